The molecule has 2 rings (SSSR count). The van der Waals surface area contributed by atoms with Crippen molar-refractivity contribution in [1.82, 2.24) is 5.32 Å². The van der Waals surface area contributed by atoms with E-state index in [2.05, 4.69) is 26.1 Å². The summed E-state index contributed by atoms with van der Waals surface area (Å²) in [7, 11) is 0. The SMILES string of the molecule is CCNC(C1CCCCCC1)C1CCC(C)(C)CC1. The molecule has 1 N–H and O–H groups in total. The van der Waals surface area contributed by atoms with Crippen molar-refractivity contribution in [2.45, 2.75) is 91.0 Å². The lowest BCUT2D eigenvalue weighted by molar-refractivity contribution is 0.130. The zero-order valence-electron chi connectivity index (χ0n) is 13.5. The molecule has 0 amide bonds. The molecule has 19 heavy (non-hydrogen) atoms. The molecule has 2 aliphatic carbocycles. The summed E-state index contributed by atoms with van der Waals surface area (Å²) in [6.07, 6.45) is 14.7. The van der Waals surface area contributed by atoms with E-state index in [1.165, 1.54) is 64.2 Å². The van der Waals surface area contributed by atoms with Gasteiger partial charge in [0.2, 0.25) is 0 Å². The van der Waals surface area contributed by atoms with Crippen LogP contribution < -0.4 is 5.32 Å². The monoisotopic (exact) mass is 265 g/mol. The van der Waals surface area contributed by atoms with Gasteiger partial charge in [-0.1, -0.05) is 46.5 Å². The molecule has 0 aromatic heterocycles. The summed E-state index contributed by atoms with van der Waals surface area (Å²) >= 11 is 0. The van der Waals surface area contributed by atoms with Gasteiger partial charge in [-0.25, -0.2) is 0 Å². The van der Waals surface area contributed by atoms with E-state index >= 15 is 0 Å². The summed E-state index contributed by atoms with van der Waals surface area (Å²) in [4.78, 5) is 0. The van der Waals surface area contributed by atoms with Crippen LogP contribution in [0, 0.1) is 17.3 Å². The molecule has 0 heterocycles. The number of rotatable bonds is 4. The molecule has 0 aliphatic heterocycles. The molecule has 0 aromatic carbocycles. The van der Waals surface area contributed by atoms with Crippen LogP contribution in [0.4, 0.5) is 0 Å². The third-order valence-electron chi connectivity index (χ3n) is 5.74. The fourth-order valence-electron chi connectivity index (χ4n) is 4.40. The first-order valence-corrected chi connectivity index (χ1v) is 8.86. The summed E-state index contributed by atoms with van der Waals surface area (Å²) in [5.74, 6) is 1.92. The quantitative estimate of drug-likeness (QED) is 0.693. The van der Waals surface area contributed by atoms with Gasteiger partial charge in [-0.15, -0.1) is 0 Å². The Morgan fingerprint density at radius 3 is 1.95 bits per heavy atom. The van der Waals surface area contributed by atoms with Crippen molar-refractivity contribution in [2.24, 2.45) is 17.3 Å². The van der Waals surface area contributed by atoms with Gasteiger partial charge in [0.25, 0.3) is 0 Å². The Morgan fingerprint density at radius 2 is 1.42 bits per heavy atom. The van der Waals surface area contributed by atoms with E-state index in [1.807, 2.05) is 0 Å². The van der Waals surface area contributed by atoms with Crippen molar-refractivity contribution >= 4 is 0 Å². The topological polar surface area (TPSA) is 12.0 Å². The molecule has 0 saturated heterocycles. The molecule has 0 spiro atoms. The van der Waals surface area contributed by atoms with Gasteiger partial charge >= 0.3 is 0 Å². The second kappa shape index (κ2) is 7.11. The Labute approximate surface area is 120 Å². The second-order valence-corrected chi connectivity index (χ2v) is 7.84. The number of hydrogen-bond donors (Lipinski definition) is 1. The molecule has 1 heteroatoms. The Bertz CT molecular complexity index is 240. The van der Waals surface area contributed by atoms with Crippen molar-refractivity contribution < 1.29 is 0 Å². The van der Waals surface area contributed by atoms with Gasteiger partial charge in [0.05, 0.1) is 0 Å². The second-order valence-electron chi connectivity index (χ2n) is 7.84. The summed E-state index contributed by atoms with van der Waals surface area (Å²) in [5, 5.41) is 3.88. The van der Waals surface area contributed by atoms with Gasteiger partial charge in [0, 0.05) is 6.04 Å². The number of hydrogen-bond acceptors (Lipinski definition) is 1. The van der Waals surface area contributed by atoms with Crippen molar-refractivity contribution in [3.05, 3.63) is 0 Å². The van der Waals surface area contributed by atoms with Gasteiger partial charge in [-0.2, -0.15) is 0 Å². The molecule has 0 aromatic rings. The third-order valence-corrected chi connectivity index (χ3v) is 5.74. The lowest BCUT2D eigenvalue weighted by atomic mass is 9.68. The Balaban J connectivity index is 1.94. The average molecular weight is 265 g/mol. The van der Waals surface area contributed by atoms with Gasteiger partial charge in [-0.05, 0) is 62.3 Å². The van der Waals surface area contributed by atoms with Crippen LogP contribution in [0.15, 0.2) is 0 Å². The predicted octanol–water partition coefficient (Wildman–Crippen LogP) is 5.15. The highest BCUT2D eigenvalue weighted by Gasteiger charge is 2.34. The first-order chi connectivity index (χ1) is 9.12. The zero-order chi connectivity index (χ0) is 13.7. The van der Waals surface area contributed by atoms with E-state index in [-0.39, 0.29) is 0 Å². The molecular formula is C18H35N. The first-order valence-electron chi connectivity index (χ1n) is 8.86. The smallest absolute Gasteiger partial charge is 0.0123 e. The van der Waals surface area contributed by atoms with Crippen molar-refractivity contribution in [1.29, 1.82) is 0 Å². The van der Waals surface area contributed by atoms with Crippen LogP contribution in [0.2, 0.25) is 0 Å². The summed E-state index contributed by atoms with van der Waals surface area (Å²) in [5.41, 5.74) is 0.608. The van der Waals surface area contributed by atoms with Crippen molar-refractivity contribution in [3.8, 4) is 0 Å². The highest BCUT2D eigenvalue weighted by atomic mass is 14.9. The van der Waals surface area contributed by atoms with E-state index in [1.54, 1.807) is 0 Å². The molecule has 0 bridgehead atoms. The minimum Gasteiger partial charge on any atom is -0.314 e. The van der Waals surface area contributed by atoms with Crippen molar-refractivity contribution in [2.75, 3.05) is 6.54 Å². The number of nitrogens with one attached hydrogen (secondary N) is 1. The van der Waals surface area contributed by atoms with Crippen molar-refractivity contribution in [3.63, 3.8) is 0 Å². The van der Waals surface area contributed by atoms with E-state index in [9.17, 15) is 0 Å². The van der Waals surface area contributed by atoms with E-state index in [0.29, 0.717) is 5.41 Å². The van der Waals surface area contributed by atoms with E-state index < -0.39 is 0 Å². The molecule has 2 saturated carbocycles. The van der Waals surface area contributed by atoms with Gasteiger partial charge in [0.1, 0.15) is 0 Å². The normalized spacial score (nSPS) is 27.9. The average Bonchev–Trinajstić information content (AvgIpc) is 2.65. The standard InChI is InChI=1S/C18H35N/c1-4-19-17(15-9-7-5-6-8-10-15)16-11-13-18(2,3)14-12-16/h15-17,19H,4-14H2,1-3H3. The summed E-state index contributed by atoms with van der Waals surface area (Å²) < 4.78 is 0. The minimum absolute atomic E-state index is 0.608. The van der Waals surface area contributed by atoms with Crippen LogP contribution in [0.3, 0.4) is 0 Å². The molecular weight excluding hydrogens is 230 g/mol. The van der Waals surface area contributed by atoms with Crippen LogP contribution in [0.1, 0.15) is 85.0 Å². The van der Waals surface area contributed by atoms with Crippen LogP contribution in [-0.4, -0.2) is 12.6 Å². The maximum atomic E-state index is 3.88. The van der Waals surface area contributed by atoms with Gasteiger partial charge < -0.3 is 5.32 Å². The highest BCUT2D eigenvalue weighted by Crippen LogP contribution is 2.42. The molecule has 1 atom stereocenters. The fraction of sp³-hybridized carbons (Fsp3) is 1.00. The van der Waals surface area contributed by atoms with Crippen LogP contribution in [0.25, 0.3) is 0 Å². The molecule has 2 fully saturated rings. The lowest BCUT2D eigenvalue weighted by Gasteiger charge is -2.41. The Hall–Kier alpha value is -0.0400. The fourth-order valence-corrected chi connectivity index (χ4v) is 4.40. The molecule has 1 nitrogen and oxygen atoms in total. The molecule has 1 unspecified atom stereocenters. The van der Waals surface area contributed by atoms with Crippen LogP contribution in [0.5, 0.6) is 0 Å². The molecule has 112 valence electrons. The first kappa shape index (κ1) is 15.4. The van der Waals surface area contributed by atoms with Gasteiger partial charge in [0.15, 0.2) is 0 Å². The maximum absolute atomic E-state index is 3.88. The van der Waals surface area contributed by atoms with E-state index in [4.69, 9.17) is 0 Å². The van der Waals surface area contributed by atoms with E-state index in [0.717, 1.165) is 24.4 Å². The summed E-state index contributed by atoms with van der Waals surface area (Å²) in [6, 6.07) is 0.819. The lowest BCUT2D eigenvalue weighted by Crippen LogP contribution is -2.44. The Kier molecular flexibility index (Phi) is 5.74. The highest BCUT2D eigenvalue weighted by molar-refractivity contribution is 4.89. The predicted molar refractivity (Wildman–Crippen MR) is 84.4 cm³/mol. The summed E-state index contributed by atoms with van der Waals surface area (Å²) in [6.45, 7) is 8.35. The molecule has 0 radical (unpaired) electrons. The van der Waals surface area contributed by atoms with Gasteiger partial charge in [-0.3, -0.25) is 0 Å². The Morgan fingerprint density at radius 1 is 0.895 bits per heavy atom. The van der Waals surface area contributed by atoms with Crippen LogP contribution in [-0.2, 0) is 0 Å². The zero-order valence-corrected chi connectivity index (χ0v) is 13.5. The van der Waals surface area contributed by atoms with Crippen LogP contribution >= 0.6 is 0 Å². The molecule has 2 aliphatic rings. The maximum Gasteiger partial charge on any atom is 0.0123 e. The largest absolute Gasteiger partial charge is 0.314 e. The minimum atomic E-state index is 0.608. The third kappa shape index (κ3) is 4.48.